The Bertz CT molecular complexity index is 1440. The largest absolute Gasteiger partial charge is 0.0913 e. The molecule has 32 heavy (non-hydrogen) atoms. The second kappa shape index (κ2) is 7.68. The van der Waals surface area contributed by atoms with Gasteiger partial charge in [-0.05, 0) is 73.6 Å². The lowest BCUT2D eigenvalue weighted by Gasteiger charge is -2.40. The van der Waals surface area contributed by atoms with E-state index in [4.69, 9.17) is 46.4 Å². The smallest absolute Gasteiger partial charge is 0.0790 e. The van der Waals surface area contributed by atoms with Crippen LogP contribution in [0.25, 0.3) is 21.5 Å². The van der Waals surface area contributed by atoms with E-state index in [1.54, 1.807) is 0 Å². The fourth-order valence-corrected chi connectivity index (χ4v) is 5.94. The highest BCUT2D eigenvalue weighted by Gasteiger charge is 2.40. The monoisotopic (exact) mass is 492 g/mol. The minimum absolute atomic E-state index is 0.0275. The van der Waals surface area contributed by atoms with E-state index < -0.39 is 0 Å². The fraction of sp³-hybridized carbons (Fsp3) is 0.0714. The third-order valence-electron chi connectivity index (χ3n) is 6.60. The molecule has 4 aromatic carbocycles. The predicted molar refractivity (Wildman–Crippen MR) is 138 cm³/mol. The molecule has 4 heteroatoms. The zero-order valence-electron chi connectivity index (χ0n) is 16.7. The van der Waals surface area contributed by atoms with Gasteiger partial charge in [-0.2, -0.15) is 0 Å². The number of halogens is 4. The zero-order chi connectivity index (χ0) is 22.0. The van der Waals surface area contributed by atoms with Crippen molar-refractivity contribution in [1.82, 2.24) is 0 Å². The summed E-state index contributed by atoms with van der Waals surface area (Å²) >= 11 is 25.4. The minimum Gasteiger partial charge on any atom is -0.0913 e. The lowest BCUT2D eigenvalue weighted by Crippen LogP contribution is -2.25. The maximum Gasteiger partial charge on any atom is 0.0790 e. The van der Waals surface area contributed by atoms with Gasteiger partial charge >= 0.3 is 0 Å². The maximum absolute atomic E-state index is 6.84. The first-order valence-corrected chi connectivity index (χ1v) is 11.9. The average Bonchev–Trinajstić information content (AvgIpc) is 2.84. The van der Waals surface area contributed by atoms with Gasteiger partial charge in [0.1, 0.15) is 0 Å². The SMILES string of the molecule is Cl/C=C(Cl)/C(Cl)=C(/Cl)C1=CC2c3cc4ccccc4cc3C1c1cc3ccccc3cc12. The predicted octanol–water partition coefficient (Wildman–Crippen LogP) is 9.52. The molecule has 0 radical (unpaired) electrons. The van der Waals surface area contributed by atoms with Crippen LogP contribution < -0.4 is 0 Å². The number of rotatable bonds is 2. The summed E-state index contributed by atoms with van der Waals surface area (Å²) in [6.07, 6.45) is 2.24. The van der Waals surface area contributed by atoms with Crippen molar-refractivity contribution in [3.05, 3.63) is 127 Å². The van der Waals surface area contributed by atoms with Crippen molar-refractivity contribution in [2.24, 2.45) is 0 Å². The van der Waals surface area contributed by atoms with Gasteiger partial charge in [-0.1, -0.05) is 101 Å². The van der Waals surface area contributed by atoms with Crippen LogP contribution in [0.2, 0.25) is 0 Å². The summed E-state index contributed by atoms with van der Waals surface area (Å²) in [5, 5.41) is 5.86. The van der Waals surface area contributed by atoms with Crippen LogP contribution in [0.1, 0.15) is 34.1 Å². The Morgan fingerprint density at radius 2 is 1.09 bits per heavy atom. The van der Waals surface area contributed by atoms with Crippen LogP contribution in [-0.4, -0.2) is 0 Å². The highest BCUT2D eigenvalue weighted by molar-refractivity contribution is 6.50. The van der Waals surface area contributed by atoms with E-state index in [9.17, 15) is 0 Å². The summed E-state index contributed by atoms with van der Waals surface area (Å²) in [7, 11) is 0. The van der Waals surface area contributed by atoms with Crippen molar-refractivity contribution in [2.75, 3.05) is 0 Å². The van der Waals surface area contributed by atoms with E-state index in [1.165, 1.54) is 49.3 Å². The maximum atomic E-state index is 6.84. The molecular formula is C28H16Cl4. The van der Waals surface area contributed by atoms with Gasteiger partial charge in [-0.25, -0.2) is 0 Å². The summed E-state index contributed by atoms with van der Waals surface area (Å²) < 4.78 is 0. The van der Waals surface area contributed by atoms with Gasteiger partial charge in [0, 0.05) is 17.4 Å². The molecule has 156 valence electrons. The Morgan fingerprint density at radius 1 is 0.656 bits per heavy atom. The van der Waals surface area contributed by atoms with Gasteiger partial charge in [0.15, 0.2) is 0 Å². The van der Waals surface area contributed by atoms with E-state index in [0.29, 0.717) is 5.03 Å². The lowest BCUT2D eigenvalue weighted by molar-refractivity contribution is 0.786. The van der Waals surface area contributed by atoms with Crippen molar-refractivity contribution < 1.29 is 0 Å². The molecule has 0 aromatic heterocycles. The molecule has 3 aliphatic rings. The quantitative estimate of drug-likeness (QED) is 0.244. The third-order valence-corrected chi connectivity index (χ3v) is 8.22. The molecule has 0 amide bonds. The Kier molecular flexibility index (Phi) is 4.89. The van der Waals surface area contributed by atoms with E-state index in [1.807, 2.05) is 0 Å². The number of hydrogen-bond acceptors (Lipinski definition) is 0. The van der Waals surface area contributed by atoms with Gasteiger partial charge in [-0.15, -0.1) is 0 Å². The van der Waals surface area contributed by atoms with Crippen LogP contribution in [0, 0.1) is 0 Å². The van der Waals surface area contributed by atoms with Crippen molar-refractivity contribution in [2.45, 2.75) is 11.8 Å². The molecule has 0 spiro atoms. The zero-order valence-corrected chi connectivity index (χ0v) is 19.8. The number of allylic oxidation sites excluding steroid dienone is 5. The molecule has 0 fully saturated rings. The molecule has 0 nitrogen and oxygen atoms in total. The van der Waals surface area contributed by atoms with Crippen molar-refractivity contribution in [3.63, 3.8) is 0 Å². The van der Waals surface area contributed by atoms with Crippen LogP contribution in [0.5, 0.6) is 0 Å². The molecule has 3 aliphatic carbocycles. The van der Waals surface area contributed by atoms with Crippen molar-refractivity contribution in [3.8, 4) is 0 Å². The summed E-state index contributed by atoms with van der Waals surface area (Å²) in [6, 6.07) is 26.2. The van der Waals surface area contributed by atoms with E-state index in [2.05, 4.69) is 78.9 Å². The molecular weight excluding hydrogens is 478 g/mol. The van der Waals surface area contributed by atoms with Crippen LogP contribution in [0.4, 0.5) is 0 Å². The van der Waals surface area contributed by atoms with Gasteiger partial charge < -0.3 is 0 Å². The number of benzene rings is 4. The lowest BCUT2D eigenvalue weighted by atomic mass is 9.63. The molecule has 7 rings (SSSR count). The topological polar surface area (TPSA) is 0 Å². The molecule has 0 atom stereocenters. The molecule has 0 saturated heterocycles. The Balaban J connectivity index is 1.66. The molecule has 0 heterocycles. The molecule has 2 bridgehead atoms. The van der Waals surface area contributed by atoms with Crippen LogP contribution in [0.15, 0.2) is 105 Å². The molecule has 0 saturated carbocycles. The highest BCUT2D eigenvalue weighted by Crippen LogP contribution is 2.56. The van der Waals surface area contributed by atoms with Gasteiger partial charge in [0.05, 0.1) is 15.1 Å². The van der Waals surface area contributed by atoms with Crippen molar-refractivity contribution >= 4 is 67.9 Å². The first-order chi connectivity index (χ1) is 15.6. The van der Waals surface area contributed by atoms with Crippen LogP contribution >= 0.6 is 46.4 Å². The average molecular weight is 494 g/mol. The standard InChI is InChI=1S/C28H16Cl4/c29-14-25(30)28(32)27(31)24-13-21-19-9-15-5-1-3-7-17(15)11-22(19)26(24)23-12-18-8-4-2-6-16(18)10-20(21)23/h1-14,21,26H/b25-14-,28-27-. The summed E-state index contributed by atoms with van der Waals surface area (Å²) in [4.78, 5) is 0. The van der Waals surface area contributed by atoms with Crippen molar-refractivity contribution in [1.29, 1.82) is 0 Å². The first-order valence-electron chi connectivity index (χ1n) is 10.4. The summed E-state index contributed by atoms with van der Waals surface area (Å²) in [5.41, 5.74) is 7.39. The first kappa shape index (κ1) is 20.4. The molecule has 0 N–H and O–H groups in total. The van der Waals surface area contributed by atoms with E-state index in [0.717, 1.165) is 5.57 Å². The molecule has 0 aliphatic heterocycles. The summed E-state index contributed by atoms with van der Waals surface area (Å²) in [6.45, 7) is 0. The van der Waals surface area contributed by atoms with Gasteiger partial charge in [0.2, 0.25) is 0 Å². The number of fused-ring (bicyclic) bond motifs is 2. The Labute approximate surface area is 206 Å². The normalized spacial score (nSPS) is 20.1. The summed E-state index contributed by atoms with van der Waals surface area (Å²) in [5.74, 6) is 0.0615. The van der Waals surface area contributed by atoms with E-state index in [-0.39, 0.29) is 21.9 Å². The highest BCUT2D eigenvalue weighted by atomic mass is 35.5. The Morgan fingerprint density at radius 3 is 1.53 bits per heavy atom. The molecule has 4 aromatic rings. The second-order valence-electron chi connectivity index (χ2n) is 8.27. The molecule has 0 unspecified atom stereocenters. The van der Waals surface area contributed by atoms with Crippen LogP contribution in [-0.2, 0) is 0 Å². The van der Waals surface area contributed by atoms with E-state index >= 15 is 0 Å². The Hall–Kier alpha value is -2.22. The second-order valence-corrected chi connectivity index (χ2v) is 9.66. The third kappa shape index (κ3) is 2.98. The fourth-order valence-electron chi connectivity index (χ4n) is 5.19. The number of hydrogen-bond donors (Lipinski definition) is 0. The minimum atomic E-state index is -0.0275. The van der Waals surface area contributed by atoms with Gasteiger partial charge in [0.25, 0.3) is 0 Å². The van der Waals surface area contributed by atoms with Gasteiger partial charge in [-0.3, -0.25) is 0 Å². The van der Waals surface area contributed by atoms with Crippen LogP contribution in [0.3, 0.4) is 0 Å².